The van der Waals surface area contributed by atoms with Crippen molar-refractivity contribution in [1.29, 1.82) is 0 Å². The Morgan fingerprint density at radius 2 is 1.50 bits per heavy atom. The Labute approximate surface area is 101 Å². The number of hydrogen-bond donors (Lipinski definition) is 0. The van der Waals surface area contributed by atoms with Gasteiger partial charge in [0.15, 0.2) is 0 Å². The van der Waals surface area contributed by atoms with Crippen molar-refractivity contribution in [2.24, 2.45) is 5.41 Å². The van der Waals surface area contributed by atoms with Gasteiger partial charge in [0.25, 0.3) is 0 Å². The van der Waals surface area contributed by atoms with Gasteiger partial charge >= 0.3 is 0 Å². The van der Waals surface area contributed by atoms with Crippen LogP contribution in [0.15, 0.2) is 0 Å². The molecule has 0 aliphatic carbocycles. The van der Waals surface area contributed by atoms with E-state index in [1.807, 2.05) is 0 Å². The number of likely N-dealkylation sites (tertiary alicyclic amines) is 2. The van der Waals surface area contributed by atoms with E-state index in [-0.39, 0.29) is 0 Å². The summed E-state index contributed by atoms with van der Waals surface area (Å²) in [5.74, 6) is 0. The molecule has 0 amide bonds. The normalized spacial score (nSPS) is 32.4. The van der Waals surface area contributed by atoms with Gasteiger partial charge in [-0.1, -0.05) is 0 Å². The van der Waals surface area contributed by atoms with Gasteiger partial charge in [0.05, 0.1) is 0 Å². The van der Waals surface area contributed by atoms with Crippen molar-refractivity contribution in [3.05, 3.63) is 0 Å². The van der Waals surface area contributed by atoms with E-state index in [1.165, 1.54) is 38.9 Å². The zero-order chi connectivity index (χ0) is 12.0. The minimum absolute atomic E-state index is 0.340. The molecule has 2 heterocycles. The molecule has 1 spiro atoms. The lowest BCUT2D eigenvalue weighted by Crippen LogP contribution is -2.50. The van der Waals surface area contributed by atoms with Crippen molar-refractivity contribution < 1.29 is 0 Å². The highest BCUT2D eigenvalue weighted by Crippen LogP contribution is 2.47. The van der Waals surface area contributed by atoms with Gasteiger partial charge in [-0.3, -0.25) is 4.90 Å². The molecule has 0 unspecified atom stereocenters. The first-order chi connectivity index (χ1) is 7.35. The minimum atomic E-state index is 0.340. The number of nitrogens with zero attached hydrogens (tertiary/aromatic N) is 2. The van der Waals surface area contributed by atoms with E-state index in [1.54, 1.807) is 0 Å². The molecule has 2 heteroatoms. The predicted molar refractivity (Wildman–Crippen MR) is 69.7 cm³/mol. The number of rotatable bonds is 0. The van der Waals surface area contributed by atoms with E-state index in [9.17, 15) is 0 Å². The minimum Gasteiger partial charge on any atom is -0.306 e. The van der Waals surface area contributed by atoms with E-state index >= 15 is 0 Å². The van der Waals surface area contributed by atoms with Gasteiger partial charge in [0.2, 0.25) is 0 Å². The van der Waals surface area contributed by atoms with Crippen LogP contribution in [-0.4, -0.2) is 48.1 Å². The van der Waals surface area contributed by atoms with Gasteiger partial charge in [-0.15, -0.1) is 0 Å². The second-order valence-electron chi connectivity index (χ2n) is 6.96. The topological polar surface area (TPSA) is 6.48 Å². The van der Waals surface area contributed by atoms with Crippen LogP contribution in [0, 0.1) is 5.41 Å². The quantitative estimate of drug-likeness (QED) is 0.624. The maximum absolute atomic E-state index is 2.72. The third-order valence-electron chi connectivity index (χ3n) is 5.05. The lowest BCUT2D eigenvalue weighted by Gasteiger charge is -2.45. The molecule has 2 rings (SSSR count). The monoisotopic (exact) mass is 224 g/mol. The summed E-state index contributed by atoms with van der Waals surface area (Å²) < 4.78 is 0. The molecule has 1 atom stereocenters. The fourth-order valence-corrected chi connectivity index (χ4v) is 3.72. The highest BCUT2D eigenvalue weighted by Gasteiger charge is 2.48. The van der Waals surface area contributed by atoms with Crippen LogP contribution < -0.4 is 0 Å². The third kappa shape index (κ3) is 2.02. The van der Waals surface area contributed by atoms with Crippen LogP contribution in [0.3, 0.4) is 0 Å². The molecular formula is C14H28N2. The Balaban J connectivity index is 2.09. The molecule has 94 valence electrons. The smallest absolute Gasteiger partial charge is 0.0130 e. The molecule has 2 saturated heterocycles. The standard InChI is InChI=1S/C14H28N2/c1-12-14(6-9-15(5)10-7-14)8-11-16(12)13(2,3)4/h12H,6-11H2,1-5H3/t12-/m0/s1. The Morgan fingerprint density at radius 1 is 1.00 bits per heavy atom. The zero-order valence-electron chi connectivity index (χ0n) is 11.7. The van der Waals surface area contributed by atoms with E-state index in [4.69, 9.17) is 0 Å². The lowest BCUT2D eigenvalue weighted by molar-refractivity contribution is 0.0464. The van der Waals surface area contributed by atoms with Crippen LogP contribution in [0.2, 0.25) is 0 Å². The van der Waals surface area contributed by atoms with Crippen molar-refractivity contribution >= 4 is 0 Å². The van der Waals surface area contributed by atoms with Crippen LogP contribution in [-0.2, 0) is 0 Å². The van der Waals surface area contributed by atoms with Crippen molar-refractivity contribution in [1.82, 2.24) is 9.80 Å². The van der Waals surface area contributed by atoms with Crippen LogP contribution >= 0.6 is 0 Å². The van der Waals surface area contributed by atoms with Crippen molar-refractivity contribution in [3.63, 3.8) is 0 Å². The first-order valence-corrected chi connectivity index (χ1v) is 6.80. The van der Waals surface area contributed by atoms with Gasteiger partial charge in [0.1, 0.15) is 0 Å². The van der Waals surface area contributed by atoms with Crippen molar-refractivity contribution in [3.8, 4) is 0 Å². The van der Waals surface area contributed by atoms with Gasteiger partial charge in [-0.25, -0.2) is 0 Å². The van der Waals surface area contributed by atoms with Crippen LogP contribution in [0.1, 0.15) is 47.0 Å². The second kappa shape index (κ2) is 3.99. The predicted octanol–water partition coefficient (Wildman–Crippen LogP) is 2.59. The maximum Gasteiger partial charge on any atom is 0.0130 e. The molecule has 0 saturated carbocycles. The molecule has 2 aliphatic rings. The van der Waals surface area contributed by atoms with Gasteiger partial charge in [-0.2, -0.15) is 0 Å². The van der Waals surface area contributed by atoms with E-state index in [0.29, 0.717) is 11.0 Å². The summed E-state index contributed by atoms with van der Waals surface area (Å²) >= 11 is 0. The first-order valence-electron chi connectivity index (χ1n) is 6.80. The fourth-order valence-electron chi connectivity index (χ4n) is 3.72. The molecule has 0 radical (unpaired) electrons. The molecular weight excluding hydrogens is 196 g/mol. The van der Waals surface area contributed by atoms with E-state index < -0.39 is 0 Å². The van der Waals surface area contributed by atoms with E-state index in [0.717, 1.165) is 6.04 Å². The Kier molecular flexibility index (Phi) is 3.09. The summed E-state index contributed by atoms with van der Waals surface area (Å²) in [5, 5.41) is 0. The second-order valence-corrected chi connectivity index (χ2v) is 6.96. The molecule has 0 aromatic rings. The Morgan fingerprint density at radius 3 is 1.94 bits per heavy atom. The summed E-state index contributed by atoms with van der Waals surface area (Å²) in [7, 11) is 2.26. The number of hydrogen-bond acceptors (Lipinski definition) is 2. The highest BCUT2D eigenvalue weighted by molar-refractivity contribution is 5.02. The van der Waals surface area contributed by atoms with Crippen LogP contribution in [0.5, 0.6) is 0 Å². The van der Waals surface area contributed by atoms with Crippen LogP contribution in [0.25, 0.3) is 0 Å². The van der Waals surface area contributed by atoms with Gasteiger partial charge in [0, 0.05) is 11.6 Å². The highest BCUT2D eigenvalue weighted by atomic mass is 15.2. The van der Waals surface area contributed by atoms with Crippen molar-refractivity contribution in [2.45, 2.75) is 58.5 Å². The lowest BCUT2D eigenvalue weighted by atomic mass is 9.73. The first kappa shape index (κ1) is 12.4. The molecule has 0 aromatic carbocycles. The molecule has 2 aliphatic heterocycles. The van der Waals surface area contributed by atoms with Gasteiger partial charge in [-0.05, 0) is 79.1 Å². The summed E-state index contributed by atoms with van der Waals surface area (Å²) in [6, 6.07) is 0.765. The SMILES string of the molecule is C[C@@H]1N(C(C)(C)C)CCC12CCN(C)CC2. The van der Waals surface area contributed by atoms with Gasteiger partial charge < -0.3 is 4.90 Å². The molecule has 0 bridgehead atoms. The Hall–Kier alpha value is -0.0800. The average molecular weight is 224 g/mol. The third-order valence-corrected chi connectivity index (χ3v) is 5.05. The van der Waals surface area contributed by atoms with E-state index in [2.05, 4.69) is 44.5 Å². The van der Waals surface area contributed by atoms with Crippen molar-refractivity contribution in [2.75, 3.05) is 26.7 Å². The largest absolute Gasteiger partial charge is 0.306 e. The zero-order valence-corrected chi connectivity index (χ0v) is 11.7. The molecule has 2 nitrogen and oxygen atoms in total. The van der Waals surface area contributed by atoms with Crippen LogP contribution in [0.4, 0.5) is 0 Å². The fraction of sp³-hybridized carbons (Fsp3) is 1.00. The molecule has 0 aromatic heterocycles. The summed E-state index contributed by atoms with van der Waals surface area (Å²) in [6.45, 7) is 13.4. The number of piperidine rings is 1. The molecule has 0 N–H and O–H groups in total. The molecule has 2 fully saturated rings. The summed E-state index contributed by atoms with van der Waals surface area (Å²) in [5.41, 5.74) is 0.964. The average Bonchev–Trinajstić information content (AvgIpc) is 2.49. The molecule has 16 heavy (non-hydrogen) atoms. The Bertz CT molecular complexity index is 246. The summed E-state index contributed by atoms with van der Waals surface area (Å²) in [4.78, 5) is 5.20. The maximum atomic E-state index is 2.72. The summed E-state index contributed by atoms with van der Waals surface area (Å²) in [6.07, 6.45) is 4.22.